The van der Waals surface area contributed by atoms with Crippen molar-refractivity contribution in [1.82, 2.24) is 9.97 Å². The number of anilines is 2. The summed E-state index contributed by atoms with van der Waals surface area (Å²) in [4.78, 5) is 9.86. The molecule has 1 unspecified atom stereocenters. The van der Waals surface area contributed by atoms with E-state index in [2.05, 4.69) is 20.6 Å². The highest BCUT2D eigenvalue weighted by molar-refractivity contribution is 7.16. The number of nitrogens with zero attached hydrogens (tertiary/aromatic N) is 2. The fourth-order valence-corrected chi connectivity index (χ4v) is 2.65. The Morgan fingerprint density at radius 2 is 2.21 bits per heavy atom. The van der Waals surface area contributed by atoms with Crippen molar-refractivity contribution in [3.8, 4) is 0 Å². The molecule has 0 aliphatic carbocycles. The van der Waals surface area contributed by atoms with E-state index in [9.17, 15) is 0 Å². The molecule has 0 saturated carbocycles. The van der Waals surface area contributed by atoms with E-state index < -0.39 is 0 Å². The van der Waals surface area contributed by atoms with Crippen LogP contribution in [-0.2, 0) is 0 Å². The molecule has 19 heavy (non-hydrogen) atoms. The number of thiophene rings is 1. The summed E-state index contributed by atoms with van der Waals surface area (Å²) in [5.41, 5.74) is 0. The zero-order chi connectivity index (χ0) is 13.2. The highest BCUT2D eigenvalue weighted by Crippen LogP contribution is 2.29. The number of fused-ring (bicyclic) bond motifs is 1. The van der Waals surface area contributed by atoms with Crippen LogP contribution in [0.25, 0.3) is 10.2 Å². The van der Waals surface area contributed by atoms with E-state index in [0.29, 0.717) is 5.95 Å². The van der Waals surface area contributed by atoms with Gasteiger partial charge in [-0.25, -0.2) is 4.98 Å². The van der Waals surface area contributed by atoms with E-state index in [1.807, 2.05) is 37.6 Å². The first-order valence-electron chi connectivity index (χ1n) is 6.01. The second-order valence-corrected chi connectivity index (χ2v) is 5.06. The Morgan fingerprint density at radius 3 is 2.95 bits per heavy atom. The molecular weight excluding hydrogens is 260 g/mol. The van der Waals surface area contributed by atoms with Gasteiger partial charge in [0, 0.05) is 7.05 Å². The van der Waals surface area contributed by atoms with E-state index in [4.69, 9.17) is 4.42 Å². The zero-order valence-corrected chi connectivity index (χ0v) is 11.5. The highest BCUT2D eigenvalue weighted by atomic mass is 32.1. The summed E-state index contributed by atoms with van der Waals surface area (Å²) in [6.45, 7) is 2.04. The molecule has 5 nitrogen and oxygen atoms in total. The molecule has 2 N–H and O–H groups in total. The molecule has 3 heterocycles. The average molecular weight is 274 g/mol. The van der Waals surface area contributed by atoms with Gasteiger partial charge < -0.3 is 15.1 Å². The minimum absolute atomic E-state index is 0.0534. The van der Waals surface area contributed by atoms with Gasteiger partial charge in [0.05, 0.1) is 17.7 Å². The molecular formula is C13H14N4OS. The lowest BCUT2D eigenvalue weighted by atomic mass is 10.2. The van der Waals surface area contributed by atoms with Gasteiger partial charge in [-0.3, -0.25) is 0 Å². The normalized spacial score (nSPS) is 12.5. The molecule has 98 valence electrons. The maximum atomic E-state index is 5.40. The quantitative estimate of drug-likeness (QED) is 0.762. The second kappa shape index (κ2) is 4.89. The summed E-state index contributed by atoms with van der Waals surface area (Å²) in [6, 6.07) is 5.91. The molecule has 6 heteroatoms. The predicted octanol–water partition coefficient (Wildman–Crippen LogP) is 3.50. The molecule has 0 radical (unpaired) electrons. The number of aromatic nitrogens is 2. The molecule has 0 amide bonds. The largest absolute Gasteiger partial charge is 0.467 e. The van der Waals surface area contributed by atoms with Gasteiger partial charge in [-0.15, -0.1) is 11.3 Å². The van der Waals surface area contributed by atoms with Crippen molar-refractivity contribution >= 4 is 33.3 Å². The van der Waals surface area contributed by atoms with E-state index in [1.54, 1.807) is 17.6 Å². The number of hydrogen-bond donors (Lipinski definition) is 2. The van der Waals surface area contributed by atoms with E-state index in [1.165, 1.54) is 0 Å². The fourth-order valence-electron chi connectivity index (χ4n) is 1.89. The average Bonchev–Trinajstić information content (AvgIpc) is 3.09. The topological polar surface area (TPSA) is 63.0 Å². The molecule has 1 atom stereocenters. The minimum Gasteiger partial charge on any atom is -0.467 e. The number of rotatable bonds is 4. The Bertz CT molecular complexity index is 677. The van der Waals surface area contributed by atoms with Crippen molar-refractivity contribution in [2.45, 2.75) is 13.0 Å². The Balaban J connectivity index is 1.97. The molecule has 3 aromatic rings. The Kier molecular flexibility index (Phi) is 3.08. The molecule has 0 aliphatic rings. The molecule has 0 bridgehead atoms. The van der Waals surface area contributed by atoms with Gasteiger partial charge in [-0.05, 0) is 30.5 Å². The van der Waals surface area contributed by atoms with Crippen LogP contribution in [0.3, 0.4) is 0 Å². The summed E-state index contributed by atoms with van der Waals surface area (Å²) in [6.07, 6.45) is 1.67. The number of hydrogen-bond acceptors (Lipinski definition) is 6. The number of furan rings is 1. The summed E-state index contributed by atoms with van der Waals surface area (Å²) < 4.78 is 5.40. The first-order chi connectivity index (χ1) is 9.28. The van der Waals surface area contributed by atoms with Crippen molar-refractivity contribution in [1.29, 1.82) is 0 Å². The lowest BCUT2D eigenvalue weighted by molar-refractivity contribution is 0.490. The van der Waals surface area contributed by atoms with Crippen molar-refractivity contribution in [3.05, 3.63) is 35.6 Å². The molecule has 0 aliphatic heterocycles. The Morgan fingerprint density at radius 1 is 1.32 bits per heavy atom. The van der Waals surface area contributed by atoms with Gasteiger partial charge in [-0.2, -0.15) is 4.98 Å². The standard InChI is InChI=1S/C13H14N4OS/c1-8(10-4-3-6-18-10)15-11-9-5-7-19-12(9)17-13(14-2)16-11/h3-8H,1-2H3,(H2,14,15,16,17). The third kappa shape index (κ3) is 2.26. The number of nitrogens with one attached hydrogen (secondary N) is 2. The van der Waals surface area contributed by atoms with Crippen LogP contribution in [-0.4, -0.2) is 17.0 Å². The van der Waals surface area contributed by atoms with E-state index in [-0.39, 0.29) is 6.04 Å². The smallest absolute Gasteiger partial charge is 0.225 e. The lowest BCUT2D eigenvalue weighted by Gasteiger charge is -2.13. The molecule has 0 aromatic carbocycles. The van der Waals surface area contributed by atoms with Crippen LogP contribution in [0.5, 0.6) is 0 Å². The molecule has 0 spiro atoms. The third-order valence-corrected chi connectivity index (χ3v) is 3.68. The molecule has 3 aromatic heterocycles. The lowest BCUT2D eigenvalue weighted by Crippen LogP contribution is -2.09. The third-order valence-electron chi connectivity index (χ3n) is 2.87. The Hall–Kier alpha value is -2.08. The zero-order valence-electron chi connectivity index (χ0n) is 10.7. The minimum atomic E-state index is 0.0534. The second-order valence-electron chi connectivity index (χ2n) is 4.17. The van der Waals surface area contributed by atoms with Gasteiger partial charge in [0.15, 0.2) is 0 Å². The van der Waals surface area contributed by atoms with Crippen molar-refractivity contribution in [2.24, 2.45) is 0 Å². The van der Waals surface area contributed by atoms with Gasteiger partial charge in [-0.1, -0.05) is 0 Å². The molecule has 0 fully saturated rings. The first-order valence-corrected chi connectivity index (χ1v) is 6.89. The van der Waals surface area contributed by atoms with Crippen molar-refractivity contribution in [3.63, 3.8) is 0 Å². The van der Waals surface area contributed by atoms with Crippen LogP contribution >= 0.6 is 11.3 Å². The predicted molar refractivity (Wildman–Crippen MR) is 77.7 cm³/mol. The van der Waals surface area contributed by atoms with Crippen molar-refractivity contribution in [2.75, 3.05) is 17.7 Å². The summed E-state index contributed by atoms with van der Waals surface area (Å²) in [7, 11) is 1.81. The van der Waals surface area contributed by atoms with Gasteiger partial charge in [0.25, 0.3) is 0 Å². The maximum absolute atomic E-state index is 5.40. The SMILES string of the molecule is CNc1nc(NC(C)c2ccco2)c2ccsc2n1. The Labute approximate surface area is 114 Å². The maximum Gasteiger partial charge on any atom is 0.225 e. The van der Waals surface area contributed by atoms with Gasteiger partial charge in [0.1, 0.15) is 16.4 Å². The van der Waals surface area contributed by atoms with Gasteiger partial charge in [0.2, 0.25) is 5.95 Å². The fraction of sp³-hybridized carbons (Fsp3) is 0.231. The van der Waals surface area contributed by atoms with Crippen LogP contribution in [0.1, 0.15) is 18.7 Å². The summed E-state index contributed by atoms with van der Waals surface area (Å²) in [5, 5.41) is 9.39. The van der Waals surface area contributed by atoms with Crippen LogP contribution in [0.15, 0.2) is 34.3 Å². The van der Waals surface area contributed by atoms with Crippen LogP contribution in [0, 0.1) is 0 Å². The molecule has 3 rings (SSSR count). The highest BCUT2D eigenvalue weighted by Gasteiger charge is 2.13. The van der Waals surface area contributed by atoms with Crippen LogP contribution in [0.4, 0.5) is 11.8 Å². The monoisotopic (exact) mass is 274 g/mol. The van der Waals surface area contributed by atoms with Crippen molar-refractivity contribution < 1.29 is 4.42 Å². The molecule has 0 saturated heterocycles. The van der Waals surface area contributed by atoms with Crippen LogP contribution in [0.2, 0.25) is 0 Å². The van der Waals surface area contributed by atoms with E-state index >= 15 is 0 Å². The van der Waals surface area contributed by atoms with Crippen LogP contribution < -0.4 is 10.6 Å². The summed E-state index contributed by atoms with van der Waals surface area (Å²) >= 11 is 1.60. The van der Waals surface area contributed by atoms with Gasteiger partial charge >= 0.3 is 0 Å². The first kappa shape index (κ1) is 12.0. The summed E-state index contributed by atoms with van der Waals surface area (Å²) in [5.74, 6) is 2.32. The van der Waals surface area contributed by atoms with E-state index in [0.717, 1.165) is 21.8 Å².